The predicted octanol–water partition coefficient (Wildman–Crippen LogP) is 4.15. The van der Waals surface area contributed by atoms with Gasteiger partial charge in [0.25, 0.3) is 0 Å². The minimum absolute atomic E-state index is 0.320. The maximum Gasteiger partial charge on any atom is 0.341 e. The van der Waals surface area contributed by atoms with E-state index in [1.807, 2.05) is 24.3 Å². The lowest BCUT2D eigenvalue weighted by Crippen LogP contribution is -2.09. The number of aryl methyl sites for hydroxylation is 3. The number of hydrogen-bond donors (Lipinski definition) is 2. The molecule has 0 saturated carbocycles. The van der Waals surface area contributed by atoms with Crippen molar-refractivity contribution in [1.29, 1.82) is 0 Å². The normalized spacial score (nSPS) is 11.0. The molecule has 0 aliphatic rings. The zero-order valence-electron chi connectivity index (χ0n) is 14.1. The van der Waals surface area contributed by atoms with Crippen molar-refractivity contribution in [2.24, 2.45) is 0 Å². The molecule has 4 nitrogen and oxygen atoms in total. The highest BCUT2D eigenvalue weighted by Gasteiger charge is 2.13. The van der Waals surface area contributed by atoms with Crippen LogP contribution in [0.1, 0.15) is 27.9 Å². The summed E-state index contributed by atoms with van der Waals surface area (Å²) in [7, 11) is 0. The van der Waals surface area contributed by atoms with Gasteiger partial charge >= 0.3 is 5.97 Å². The molecule has 0 aliphatic heterocycles. The standard InChI is InChI=1S/C20H21NO3/c1-12-4-5-13(2)20-19(12)17(14(3)21-20)10-15-6-8-16(9-7-15)24-11-18(22)23/h4-9,21H,10-11H2,1-3H3,(H,22,23). The third-order valence-corrected chi connectivity index (χ3v) is 4.36. The Labute approximate surface area is 141 Å². The molecule has 3 rings (SSSR count). The average molecular weight is 323 g/mol. The molecule has 0 fully saturated rings. The molecule has 0 bridgehead atoms. The Morgan fingerprint density at radius 2 is 1.71 bits per heavy atom. The largest absolute Gasteiger partial charge is 0.482 e. The highest BCUT2D eigenvalue weighted by Crippen LogP contribution is 2.30. The van der Waals surface area contributed by atoms with E-state index < -0.39 is 5.97 Å². The number of carboxylic acid groups (broad SMARTS) is 1. The quantitative estimate of drug-likeness (QED) is 0.741. The molecule has 3 aromatic rings. The van der Waals surface area contributed by atoms with E-state index in [0.29, 0.717) is 5.75 Å². The van der Waals surface area contributed by atoms with Gasteiger partial charge < -0.3 is 14.8 Å². The first kappa shape index (κ1) is 16.1. The Bertz CT molecular complexity index is 891. The first-order valence-electron chi connectivity index (χ1n) is 7.96. The Hall–Kier alpha value is -2.75. The van der Waals surface area contributed by atoms with Crippen LogP contribution in [0.4, 0.5) is 0 Å². The van der Waals surface area contributed by atoms with Gasteiger partial charge in [-0.2, -0.15) is 0 Å². The molecule has 24 heavy (non-hydrogen) atoms. The summed E-state index contributed by atoms with van der Waals surface area (Å²) in [4.78, 5) is 14.1. The molecular formula is C20H21NO3. The van der Waals surface area contributed by atoms with Gasteiger partial charge in [0, 0.05) is 16.6 Å². The van der Waals surface area contributed by atoms with E-state index in [4.69, 9.17) is 9.84 Å². The van der Waals surface area contributed by atoms with Crippen molar-refractivity contribution in [2.45, 2.75) is 27.2 Å². The van der Waals surface area contributed by atoms with E-state index in [0.717, 1.165) is 6.42 Å². The minimum Gasteiger partial charge on any atom is -0.482 e. The summed E-state index contributed by atoms with van der Waals surface area (Å²) in [6.45, 7) is 6.05. The molecular weight excluding hydrogens is 302 g/mol. The summed E-state index contributed by atoms with van der Waals surface area (Å²) in [5.41, 5.74) is 7.41. The zero-order chi connectivity index (χ0) is 17.3. The van der Waals surface area contributed by atoms with Crippen LogP contribution in [0.5, 0.6) is 5.75 Å². The molecule has 0 unspecified atom stereocenters. The van der Waals surface area contributed by atoms with Crippen molar-refractivity contribution >= 4 is 16.9 Å². The van der Waals surface area contributed by atoms with Gasteiger partial charge in [0.05, 0.1) is 0 Å². The molecule has 4 heteroatoms. The summed E-state index contributed by atoms with van der Waals surface area (Å²) in [6.07, 6.45) is 0.829. The fraction of sp³-hybridized carbons (Fsp3) is 0.250. The van der Waals surface area contributed by atoms with Crippen molar-refractivity contribution in [3.05, 3.63) is 64.3 Å². The Kier molecular flexibility index (Phi) is 4.30. The lowest BCUT2D eigenvalue weighted by Gasteiger charge is -2.07. The van der Waals surface area contributed by atoms with Crippen LogP contribution in [-0.2, 0) is 11.2 Å². The summed E-state index contributed by atoms with van der Waals surface area (Å²) in [6, 6.07) is 11.9. The monoisotopic (exact) mass is 323 g/mol. The maximum absolute atomic E-state index is 10.5. The van der Waals surface area contributed by atoms with E-state index in [1.165, 1.54) is 38.9 Å². The van der Waals surface area contributed by atoms with Gasteiger partial charge in [-0.1, -0.05) is 24.3 Å². The third kappa shape index (κ3) is 3.13. The fourth-order valence-corrected chi connectivity index (χ4v) is 3.09. The van der Waals surface area contributed by atoms with E-state index in [-0.39, 0.29) is 6.61 Å². The number of aromatic amines is 1. The van der Waals surface area contributed by atoms with Crippen molar-refractivity contribution < 1.29 is 14.6 Å². The number of carbonyl (C=O) groups is 1. The number of rotatable bonds is 5. The van der Waals surface area contributed by atoms with Crippen LogP contribution in [0.2, 0.25) is 0 Å². The van der Waals surface area contributed by atoms with Crippen LogP contribution >= 0.6 is 0 Å². The van der Waals surface area contributed by atoms with E-state index in [1.54, 1.807) is 0 Å². The van der Waals surface area contributed by atoms with Crippen molar-refractivity contribution in [3.63, 3.8) is 0 Å². The predicted molar refractivity (Wildman–Crippen MR) is 94.9 cm³/mol. The number of hydrogen-bond acceptors (Lipinski definition) is 2. The number of carboxylic acids is 1. The van der Waals surface area contributed by atoms with E-state index in [2.05, 4.69) is 37.9 Å². The second kappa shape index (κ2) is 6.40. The number of fused-ring (bicyclic) bond motifs is 1. The Morgan fingerprint density at radius 1 is 1.04 bits per heavy atom. The number of benzene rings is 2. The zero-order valence-corrected chi connectivity index (χ0v) is 14.1. The summed E-state index contributed by atoms with van der Waals surface area (Å²) < 4.78 is 5.18. The molecule has 2 aromatic carbocycles. The van der Waals surface area contributed by atoms with Gasteiger partial charge in [-0.25, -0.2) is 4.79 Å². The van der Waals surface area contributed by atoms with Crippen LogP contribution in [-0.4, -0.2) is 22.7 Å². The maximum atomic E-state index is 10.5. The first-order chi connectivity index (χ1) is 11.5. The third-order valence-electron chi connectivity index (χ3n) is 4.36. The van der Waals surface area contributed by atoms with Crippen molar-refractivity contribution in [1.82, 2.24) is 4.98 Å². The van der Waals surface area contributed by atoms with Gasteiger partial charge in [-0.3, -0.25) is 0 Å². The van der Waals surface area contributed by atoms with Crippen LogP contribution in [0, 0.1) is 20.8 Å². The Balaban J connectivity index is 1.89. The highest BCUT2D eigenvalue weighted by molar-refractivity contribution is 5.90. The van der Waals surface area contributed by atoms with Crippen molar-refractivity contribution in [2.75, 3.05) is 6.61 Å². The van der Waals surface area contributed by atoms with Gasteiger partial charge in [-0.05, 0) is 61.6 Å². The molecule has 1 aromatic heterocycles. The molecule has 0 aliphatic carbocycles. The molecule has 0 amide bonds. The summed E-state index contributed by atoms with van der Waals surface area (Å²) in [5.74, 6) is -0.400. The average Bonchev–Trinajstić information content (AvgIpc) is 2.88. The number of aliphatic carboxylic acids is 1. The molecule has 0 saturated heterocycles. The molecule has 0 radical (unpaired) electrons. The summed E-state index contributed by atoms with van der Waals surface area (Å²) >= 11 is 0. The van der Waals surface area contributed by atoms with E-state index in [9.17, 15) is 4.79 Å². The Morgan fingerprint density at radius 3 is 2.38 bits per heavy atom. The molecule has 124 valence electrons. The molecule has 0 atom stereocenters. The van der Waals surface area contributed by atoms with Crippen LogP contribution < -0.4 is 4.74 Å². The van der Waals surface area contributed by atoms with Gasteiger partial charge in [0.15, 0.2) is 6.61 Å². The molecule has 1 heterocycles. The van der Waals surface area contributed by atoms with Crippen LogP contribution in [0.25, 0.3) is 10.9 Å². The van der Waals surface area contributed by atoms with Gasteiger partial charge in [-0.15, -0.1) is 0 Å². The molecule has 2 N–H and O–H groups in total. The highest BCUT2D eigenvalue weighted by atomic mass is 16.5. The SMILES string of the molecule is Cc1[nH]c2c(C)ccc(C)c2c1Cc1ccc(OCC(=O)O)cc1. The van der Waals surface area contributed by atoms with Crippen LogP contribution in [0.3, 0.4) is 0 Å². The number of aromatic nitrogens is 1. The van der Waals surface area contributed by atoms with Gasteiger partial charge in [0.1, 0.15) is 5.75 Å². The lowest BCUT2D eigenvalue weighted by molar-refractivity contribution is -0.139. The van der Waals surface area contributed by atoms with Crippen LogP contribution in [0.15, 0.2) is 36.4 Å². The van der Waals surface area contributed by atoms with Gasteiger partial charge in [0.2, 0.25) is 0 Å². The van der Waals surface area contributed by atoms with E-state index >= 15 is 0 Å². The number of ether oxygens (including phenoxy) is 1. The topological polar surface area (TPSA) is 62.3 Å². The molecule has 0 spiro atoms. The summed E-state index contributed by atoms with van der Waals surface area (Å²) in [5, 5.41) is 9.96. The second-order valence-electron chi connectivity index (χ2n) is 6.18. The number of H-pyrrole nitrogens is 1. The minimum atomic E-state index is -0.973. The second-order valence-corrected chi connectivity index (χ2v) is 6.18. The number of nitrogens with one attached hydrogen (secondary N) is 1. The lowest BCUT2D eigenvalue weighted by atomic mass is 9.98. The first-order valence-corrected chi connectivity index (χ1v) is 7.96. The fourth-order valence-electron chi connectivity index (χ4n) is 3.09. The smallest absolute Gasteiger partial charge is 0.341 e. The van der Waals surface area contributed by atoms with Crippen molar-refractivity contribution in [3.8, 4) is 5.75 Å².